The van der Waals surface area contributed by atoms with E-state index in [0.29, 0.717) is 10.0 Å². The summed E-state index contributed by atoms with van der Waals surface area (Å²) in [5.74, 6) is 2.74. The van der Waals surface area contributed by atoms with Crippen molar-refractivity contribution < 1.29 is 4.74 Å². The fourth-order valence-electron chi connectivity index (χ4n) is 1.67. The Morgan fingerprint density at radius 2 is 1.83 bits per heavy atom. The number of halogens is 2. The number of rotatable bonds is 8. The lowest BCUT2D eigenvalue weighted by atomic mass is 10.2. The molecule has 0 bridgehead atoms. The summed E-state index contributed by atoms with van der Waals surface area (Å²) in [5.41, 5.74) is 1.18. The molecule has 0 aromatic heterocycles. The van der Waals surface area contributed by atoms with E-state index >= 15 is 0 Å². The normalized spacial score (nSPS) is 11.1. The first-order valence-electron chi connectivity index (χ1n) is 6.83. The third kappa shape index (κ3) is 6.94. The standard InChI is InChI=1S/C17H16Cl2OS3/c1-20-14-4-6-15(7-5-14)21-9-2-10-22-23-12-13-3-8-16(18)17(19)11-13/h2-8,10-11H,9,12H2,1H3/b10-2+. The highest BCUT2D eigenvalue weighted by molar-refractivity contribution is 8.77. The van der Waals surface area contributed by atoms with Crippen molar-refractivity contribution in [3.8, 4) is 5.75 Å². The number of thioether (sulfide) groups is 1. The first kappa shape index (κ1) is 18.9. The highest BCUT2D eigenvalue weighted by Gasteiger charge is 1.99. The maximum atomic E-state index is 6.00. The lowest BCUT2D eigenvalue weighted by molar-refractivity contribution is 0.414. The molecular weight excluding hydrogens is 387 g/mol. The average Bonchev–Trinajstić information content (AvgIpc) is 2.57. The zero-order valence-electron chi connectivity index (χ0n) is 12.5. The fourth-order valence-corrected chi connectivity index (χ4v) is 4.54. The smallest absolute Gasteiger partial charge is 0.118 e. The van der Waals surface area contributed by atoms with Gasteiger partial charge in [0, 0.05) is 16.4 Å². The molecule has 0 aliphatic carbocycles. The fraction of sp³-hybridized carbons (Fsp3) is 0.176. The van der Waals surface area contributed by atoms with Crippen molar-refractivity contribution in [1.82, 2.24) is 0 Å². The minimum absolute atomic E-state index is 0.600. The molecule has 0 spiro atoms. The van der Waals surface area contributed by atoms with Crippen LogP contribution < -0.4 is 4.74 Å². The predicted molar refractivity (Wildman–Crippen MR) is 108 cm³/mol. The van der Waals surface area contributed by atoms with Crippen LogP contribution in [0.15, 0.2) is 58.8 Å². The van der Waals surface area contributed by atoms with Crippen molar-refractivity contribution in [1.29, 1.82) is 0 Å². The maximum absolute atomic E-state index is 6.00. The van der Waals surface area contributed by atoms with Crippen LogP contribution in [-0.4, -0.2) is 12.9 Å². The Morgan fingerprint density at radius 1 is 1.04 bits per heavy atom. The molecule has 122 valence electrons. The summed E-state index contributed by atoms with van der Waals surface area (Å²) in [5, 5.41) is 3.34. The number of hydrogen-bond acceptors (Lipinski definition) is 4. The van der Waals surface area contributed by atoms with Crippen LogP contribution in [0.4, 0.5) is 0 Å². The summed E-state index contributed by atoms with van der Waals surface area (Å²) in [6.07, 6.45) is 2.17. The number of ether oxygens (including phenoxy) is 1. The van der Waals surface area contributed by atoms with Crippen molar-refractivity contribution in [2.45, 2.75) is 10.6 Å². The van der Waals surface area contributed by atoms with Crippen molar-refractivity contribution >= 4 is 56.6 Å². The Balaban J connectivity index is 1.63. The van der Waals surface area contributed by atoms with Gasteiger partial charge in [-0.1, -0.05) is 56.9 Å². The minimum atomic E-state index is 0.600. The van der Waals surface area contributed by atoms with E-state index in [1.807, 2.05) is 30.3 Å². The topological polar surface area (TPSA) is 9.23 Å². The molecule has 0 radical (unpaired) electrons. The van der Waals surface area contributed by atoms with Gasteiger partial charge in [-0.05, 0) is 47.4 Å². The van der Waals surface area contributed by atoms with E-state index in [-0.39, 0.29) is 0 Å². The zero-order valence-corrected chi connectivity index (χ0v) is 16.5. The van der Waals surface area contributed by atoms with Crippen LogP contribution in [0.25, 0.3) is 0 Å². The van der Waals surface area contributed by atoms with Crippen LogP contribution in [0.5, 0.6) is 5.75 Å². The second kappa shape index (κ2) is 10.5. The van der Waals surface area contributed by atoms with Crippen molar-refractivity contribution in [3.63, 3.8) is 0 Å². The molecular formula is C17H16Cl2OS3. The van der Waals surface area contributed by atoms with E-state index in [1.165, 1.54) is 10.5 Å². The Bertz CT molecular complexity index is 645. The summed E-state index contributed by atoms with van der Waals surface area (Å²) >= 11 is 13.7. The molecule has 0 aliphatic rings. The molecule has 0 heterocycles. The SMILES string of the molecule is COc1ccc(SC/C=C/SSCc2ccc(Cl)c(Cl)c2)cc1. The summed E-state index contributed by atoms with van der Waals surface area (Å²) in [6.45, 7) is 0. The van der Waals surface area contributed by atoms with E-state index in [1.54, 1.807) is 40.5 Å². The third-order valence-corrected chi connectivity index (χ3v) is 6.52. The van der Waals surface area contributed by atoms with Gasteiger partial charge >= 0.3 is 0 Å². The quantitative estimate of drug-likeness (QED) is 0.262. The van der Waals surface area contributed by atoms with Crippen molar-refractivity contribution in [3.05, 3.63) is 69.6 Å². The lowest BCUT2D eigenvalue weighted by Crippen LogP contribution is -1.81. The molecule has 1 nitrogen and oxygen atoms in total. The highest BCUT2D eigenvalue weighted by Crippen LogP contribution is 2.30. The molecule has 0 amide bonds. The van der Waals surface area contributed by atoms with Gasteiger partial charge < -0.3 is 4.74 Å². The predicted octanol–water partition coefficient (Wildman–Crippen LogP) is 7.19. The molecule has 0 saturated carbocycles. The Kier molecular flexibility index (Phi) is 8.62. The van der Waals surface area contributed by atoms with E-state index in [2.05, 4.69) is 23.6 Å². The Labute approximate surface area is 159 Å². The number of methoxy groups -OCH3 is 1. The minimum Gasteiger partial charge on any atom is -0.497 e. The molecule has 0 saturated heterocycles. The van der Waals surface area contributed by atoms with Gasteiger partial charge in [0.25, 0.3) is 0 Å². The molecule has 0 fully saturated rings. The van der Waals surface area contributed by atoms with E-state index in [4.69, 9.17) is 27.9 Å². The van der Waals surface area contributed by atoms with Crippen LogP contribution in [0.1, 0.15) is 5.56 Å². The van der Waals surface area contributed by atoms with Crippen LogP contribution in [0.2, 0.25) is 10.0 Å². The van der Waals surface area contributed by atoms with Crippen LogP contribution in [0, 0.1) is 0 Å². The van der Waals surface area contributed by atoms with Crippen molar-refractivity contribution in [2.75, 3.05) is 12.9 Å². The number of benzene rings is 2. The highest BCUT2D eigenvalue weighted by atomic mass is 35.5. The largest absolute Gasteiger partial charge is 0.497 e. The molecule has 0 N–H and O–H groups in total. The van der Waals surface area contributed by atoms with E-state index < -0.39 is 0 Å². The van der Waals surface area contributed by atoms with Gasteiger partial charge in [-0.25, -0.2) is 0 Å². The summed E-state index contributed by atoms with van der Waals surface area (Å²) in [7, 11) is 5.18. The van der Waals surface area contributed by atoms with Gasteiger partial charge in [0.05, 0.1) is 17.2 Å². The Hall–Kier alpha value is -0.390. The first-order valence-corrected chi connectivity index (χ1v) is 11.0. The molecule has 2 aromatic rings. The zero-order chi connectivity index (χ0) is 16.5. The van der Waals surface area contributed by atoms with Gasteiger partial charge in [-0.2, -0.15) is 0 Å². The van der Waals surface area contributed by atoms with Crippen LogP contribution >= 0.6 is 56.6 Å². The van der Waals surface area contributed by atoms with Crippen molar-refractivity contribution in [2.24, 2.45) is 0 Å². The monoisotopic (exact) mass is 402 g/mol. The van der Waals surface area contributed by atoms with Crippen LogP contribution in [0.3, 0.4) is 0 Å². The van der Waals surface area contributed by atoms with Gasteiger partial charge in [-0.3, -0.25) is 0 Å². The molecule has 2 aromatic carbocycles. The van der Waals surface area contributed by atoms with Gasteiger partial charge in [0.1, 0.15) is 5.75 Å². The van der Waals surface area contributed by atoms with Crippen LogP contribution in [-0.2, 0) is 5.75 Å². The molecule has 0 atom stereocenters. The second-order valence-electron chi connectivity index (χ2n) is 4.47. The molecule has 0 aliphatic heterocycles. The molecule has 6 heteroatoms. The van der Waals surface area contributed by atoms with E-state index in [0.717, 1.165) is 17.3 Å². The lowest BCUT2D eigenvalue weighted by Gasteiger charge is -2.02. The van der Waals surface area contributed by atoms with Gasteiger partial charge in [0.2, 0.25) is 0 Å². The average molecular weight is 403 g/mol. The molecule has 0 unspecified atom stereocenters. The Morgan fingerprint density at radius 3 is 2.52 bits per heavy atom. The molecule has 2 rings (SSSR count). The third-order valence-electron chi connectivity index (χ3n) is 2.84. The summed E-state index contributed by atoms with van der Waals surface area (Å²) in [4.78, 5) is 1.24. The second-order valence-corrected chi connectivity index (χ2v) is 8.65. The van der Waals surface area contributed by atoms with E-state index in [9.17, 15) is 0 Å². The molecule has 23 heavy (non-hydrogen) atoms. The first-order chi connectivity index (χ1) is 11.2. The number of hydrogen-bond donors (Lipinski definition) is 0. The van der Waals surface area contributed by atoms with Gasteiger partial charge in [0.15, 0.2) is 0 Å². The maximum Gasteiger partial charge on any atom is 0.118 e. The summed E-state index contributed by atoms with van der Waals surface area (Å²) in [6, 6.07) is 13.9. The van der Waals surface area contributed by atoms with Gasteiger partial charge in [-0.15, -0.1) is 11.8 Å². The summed E-state index contributed by atoms with van der Waals surface area (Å²) < 4.78 is 5.14.